The Morgan fingerprint density at radius 3 is 2.21 bits per heavy atom. The van der Waals surface area contributed by atoms with Gasteiger partial charge >= 0.3 is 12.1 Å². The largest absolute Gasteiger partial charge is 0.445 e. The van der Waals surface area contributed by atoms with E-state index in [0.717, 1.165) is 30.4 Å². The predicted octanol–water partition coefficient (Wildman–Crippen LogP) is 2.49. The molecule has 99 heavy (non-hydrogen) atoms. The van der Waals surface area contributed by atoms with E-state index in [1.165, 1.54) is 26.0 Å². The van der Waals surface area contributed by atoms with Crippen LogP contribution in [0.4, 0.5) is 10.5 Å². The summed E-state index contributed by atoms with van der Waals surface area (Å²) < 4.78 is 64.3. The molecule has 9 heterocycles. The number of nitrogens with zero attached hydrogens (tertiary/aromatic N) is 1. The second-order valence-electron chi connectivity index (χ2n) is 27.9. The van der Waals surface area contributed by atoms with Crippen LogP contribution in [0.3, 0.4) is 0 Å². The van der Waals surface area contributed by atoms with Crippen LogP contribution in [-0.2, 0) is 102 Å². The van der Waals surface area contributed by atoms with Crippen molar-refractivity contribution in [2.24, 2.45) is 17.6 Å². The van der Waals surface area contributed by atoms with E-state index in [4.69, 9.17) is 57.9 Å². The summed E-state index contributed by atoms with van der Waals surface area (Å²) in [6.45, 7) is 13.3. The zero-order valence-corrected chi connectivity index (χ0v) is 56.7. The molecule has 0 radical (unpaired) electrons. The van der Waals surface area contributed by atoms with Gasteiger partial charge in [0, 0.05) is 96.1 Å². The second-order valence-corrected chi connectivity index (χ2v) is 27.9. The quantitative estimate of drug-likeness (QED) is 0.0419. The summed E-state index contributed by atoms with van der Waals surface area (Å²) in [6.07, 6.45) is -1.60. The number of hydroxylamine groups is 2. The smallest absolute Gasteiger partial charge is 0.407 e. The fraction of sp³-hybridized carbons (Fsp3) is 0.710. The molecule has 9 N–H and O–H groups in total. The van der Waals surface area contributed by atoms with E-state index < -0.39 is 145 Å². The summed E-state index contributed by atoms with van der Waals surface area (Å²) in [6, 6.07) is 2.32. The number of nitrogens with one attached hydrogen (secondary N) is 5. The zero-order chi connectivity index (χ0) is 70.8. The molecule has 11 unspecified atom stereocenters. The number of carbonyl (C=O) groups excluding carboxylic acids is 10. The average Bonchev–Trinajstić information content (AvgIpc) is 1.66. The van der Waals surface area contributed by atoms with Crippen LogP contribution in [0.25, 0.3) is 0 Å². The van der Waals surface area contributed by atoms with E-state index in [2.05, 4.69) is 46.7 Å². The third-order valence-electron chi connectivity index (χ3n) is 20.3. The molecule has 1 aromatic rings. The van der Waals surface area contributed by atoms with Gasteiger partial charge in [-0.2, -0.15) is 0 Å². The molecule has 9 aliphatic rings. The number of anilines is 1. The van der Waals surface area contributed by atoms with Crippen molar-refractivity contribution in [3.63, 3.8) is 0 Å². The maximum atomic E-state index is 14.5. The van der Waals surface area contributed by atoms with Gasteiger partial charge in [0.15, 0.2) is 5.79 Å². The highest BCUT2D eigenvalue weighted by atomic mass is 16.7. The van der Waals surface area contributed by atoms with Gasteiger partial charge < -0.3 is 94.7 Å². The Bertz CT molecular complexity index is 3120. The van der Waals surface area contributed by atoms with Crippen molar-refractivity contribution in [3.8, 4) is 0 Å². The Labute approximate surface area is 574 Å². The molecule has 10 rings (SSSR count). The van der Waals surface area contributed by atoms with E-state index in [1.807, 2.05) is 0 Å². The monoisotopic (exact) mass is 1390 g/mol. The highest BCUT2D eigenvalue weighted by Crippen LogP contribution is 2.49. The Balaban J connectivity index is 0.674. The molecule has 1 aromatic carbocycles. The van der Waals surface area contributed by atoms with Crippen molar-refractivity contribution in [1.29, 1.82) is 0 Å². The number of hydrogen-bond acceptors (Lipinski definition) is 23. The van der Waals surface area contributed by atoms with Crippen molar-refractivity contribution in [1.82, 2.24) is 26.3 Å². The lowest BCUT2D eigenvalue weighted by atomic mass is 9.81. The van der Waals surface area contributed by atoms with Crippen LogP contribution in [0, 0.1) is 11.8 Å². The van der Waals surface area contributed by atoms with Crippen LogP contribution in [0.2, 0.25) is 0 Å². The van der Waals surface area contributed by atoms with Gasteiger partial charge in [-0.25, -0.2) is 9.59 Å². The number of carbonyl (C=O) groups is 10. The Morgan fingerprint density at radius 2 is 1.46 bits per heavy atom. The van der Waals surface area contributed by atoms with E-state index in [-0.39, 0.29) is 132 Å². The second kappa shape index (κ2) is 33.8. The van der Waals surface area contributed by atoms with Gasteiger partial charge in [-0.05, 0) is 100.0 Å². The number of ketones is 1. The standard InChI is InChI=1S/C69H97N7O23/c1-35-24-44-13-15-50-36(2)25-46(92-50)19-21-69-32-49(79)63(98-69)55-31-56(97-69)64-51(95-55)16-14-45(94-64)26-42(77)27-47-53(30-52(93-44)37(35)3)96-54(62(47)89-6)28-43(78)33-71-68(88)91-34-40-9-11-41(12-10-40)74-67(87)48(29-57(70)80)75-66(86)39(5)73-65(85)38(4)72-58(81)8-7-22-90-23-20-61(84)99-76-59(82)17-18-60(76)83/h9-12,35,38-39,43-56,62-64,78-79H,2-3,7-8,13-34H2,1,4-6H3,(H2,70,80)(H,71,88)(H,72,81)(H,73,85)(H,74,87)(H,75,86)/t35-,38?,39+,43?,44+,45?,46?,47?,48?,49-,50?,51+,52-,53+,54?,55?,56?,62-,63?,64+,69-/m1/s1. The van der Waals surface area contributed by atoms with E-state index >= 15 is 0 Å². The summed E-state index contributed by atoms with van der Waals surface area (Å²) in [5.41, 5.74) is 8.16. The number of nitrogens with two attached hydrogens (primary N) is 1. The molecule has 30 nitrogen and oxygen atoms in total. The van der Waals surface area contributed by atoms with Crippen LogP contribution in [-0.4, -0.2) is 217 Å². The molecule has 21 atom stereocenters. The summed E-state index contributed by atoms with van der Waals surface area (Å²) in [5.74, 6) is -7.23. The van der Waals surface area contributed by atoms with Gasteiger partial charge in [-0.15, -0.1) is 5.06 Å². The van der Waals surface area contributed by atoms with Crippen molar-refractivity contribution >= 4 is 64.9 Å². The number of ether oxygens (including phenoxy) is 10. The fourth-order valence-electron chi connectivity index (χ4n) is 15.0. The van der Waals surface area contributed by atoms with Gasteiger partial charge in [0.2, 0.25) is 29.5 Å². The first-order chi connectivity index (χ1) is 47.3. The molecule has 1 spiro atoms. The number of amides is 8. The van der Waals surface area contributed by atoms with Crippen LogP contribution in [0.1, 0.15) is 155 Å². The highest BCUT2D eigenvalue weighted by molar-refractivity contribution is 6.02. The third kappa shape index (κ3) is 19.6. The Kier molecular flexibility index (Phi) is 25.5. The number of imide groups is 1. The topological polar surface area (TPSA) is 402 Å². The summed E-state index contributed by atoms with van der Waals surface area (Å²) in [5, 5.41) is 35.8. The third-order valence-corrected chi connectivity index (χ3v) is 20.3. The molecule has 9 saturated heterocycles. The van der Waals surface area contributed by atoms with Gasteiger partial charge in [-0.3, -0.25) is 38.4 Å². The summed E-state index contributed by atoms with van der Waals surface area (Å²) in [7, 11) is 1.56. The number of primary amides is 1. The normalized spacial score (nSPS) is 33.4. The highest BCUT2D eigenvalue weighted by Gasteiger charge is 2.60. The number of alkyl carbamates (subject to hydrolysis) is 1. The minimum atomic E-state index is -1.47. The number of methoxy groups -OCH3 is 1. The molecule has 0 aliphatic carbocycles. The maximum Gasteiger partial charge on any atom is 0.407 e. The molecule has 0 saturated carbocycles. The molecule has 8 amide bonds. The molecular formula is C69H97N7O23. The number of rotatable bonds is 24. The van der Waals surface area contributed by atoms with Gasteiger partial charge in [0.05, 0.1) is 98.8 Å². The lowest BCUT2D eigenvalue weighted by Crippen LogP contribution is -2.58. The molecule has 9 aliphatic heterocycles. The van der Waals surface area contributed by atoms with Crippen molar-refractivity contribution in [2.45, 2.75) is 271 Å². The SMILES string of the molecule is C=C1CC2CC[C@]34C[C@@H](O)C(O3)C3CC(O4)[C@H]4OC(CC[C@@H]4O3)CC(=O)CC3[C@@H](OC)C(CC(O)CNC(=O)OCc4ccc(NC(=O)C(CC(N)=O)NC(=O)[C@H](C)NC(=O)C(C)NC(=O)CCCOCCC(=O)ON5C(=O)CCC5=O)cc4)O[C@H]3C[C@H]3O[C@@H](CCC1O2)C[C@@H](C)C3=C. The molecule has 0 aromatic heterocycles. The van der Waals surface area contributed by atoms with Gasteiger partial charge in [-0.1, -0.05) is 32.2 Å². The van der Waals surface area contributed by atoms with Crippen LogP contribution < -0.4 is 32.3 Å². The number of aliphatic hydroxyl groups is 2. The number of Topliss-reactive ketones (excluding diaryl/α,β-unsaturated/α-hetero) is 1. The Morgan fingerprint density at radius 1 is 0.747 bits per heavy atom. The number of fused-ring (bicyclic) bond motifs is 9. The average molecular weight is 1390 g/mol. The molecular weight excluding hydrogens is 1290 g/mol. The fourth-order valence-corrected chi connectivity index (χ4v) is 15.0. The lowest BCUT2D eigenvalue weighted by Gasteiger charge is -2.47. The minimum Gasteiger partial charge on any atom is -0.445 e. The molecule has 10 bridgehead atoms. The number of benzene rings is 1. The number of hydrogen-bond donors (Lipinski definition) is 8. The number of aliphatic hydroxyl groups excluding tert-OH is 2. The Hall–Kier alpha value is -6.84. The molecule has 9 fully saturated rings. The first kappa shape index (κ1) is 74.8. The zero-order valence-electron chi connectivity index (χ0n) is 56.7. The van der Waals surface area contributed by atoms with E-state index in [0.29, 0.717) is 62.0 Å². The first-order valence-corrected chi connectivity index (χ1v) is 34.8. The first-order valence-electron chi connectivity index (χ1n) is 34.8. The van der Waals surface area contributed by atoms with Gasteiger partial charge in [0.25, 0.3) is 11.8 Å². The van der Waals surface area contributed by atoms with Gasteiger partial charge in [0.1, 0.15) is 42.7 Å². The van der Waals surface area contributed by atoms with E-state index in [1.54, 1.807) is 19.2 Å². The molecule has 30 heteroatoms. The van der Waals surface area contributed by atoms with Crippen LogP contribution >= 0.6 is 0 Å². The van der Waals surface area contributed by atoms with Crippen molar-refractivity contribution in [3.05, 3.63) is 54.1 Å². The van der Waals surface area contributed by atoms with Crippen molar-refractivity contribution in [2.75, 3.05) is 32.2 Å². The predicted molar refractivity (Wildman–Crippen MR) is 345 cm³/mol. The molecule has 546 valence electrons. The summed E-state index contributed by atoms with van der Waals surface area (Å²) >= 11 is 0. The minimum absolute atomic E-state index is 0.0309. The van der Waals surface area contributed by atoms with E-state index in [9.17, 15) is 58.2 Å². The lowest BCUT2D eigenvalue weighted by molar-refractivity contribution is -0.277. The van der Waals surface area contributed by atoms with Crippen LogP contribution in [0.15, 0.2) is 48.6 Å². The van der Waals surface area contributed by atoms with Crippen molar-refractivity contribution < 1.29 is 110 Å². The van der Waals surface area contributed by atoms with Crippen LogP contribution in [0.5, 0.6) is 0 Å². The summed E-state index contributed by atoms with van der Waals surface area (Å²) in [4.78, 5) is 132. The maximum absolute atomic E-state index is 14.5.